The van der Waals surface area contributed by atoms with E-state index in [2.05, 4.69) is 81.2 Å². The zero-order valence-electron chi connectivity index (χ0n) is 24.8. The highest BCUT2D eigenvalue weighted by Crippen LogP contribution is 2.57. The van der Waals surface area contributed by atoms with Crippen LogP contribution in [0.5, 0.6) is 0 Å². The van der Waals surface area contributed by atoms with Gasteiger partial charge in [-0.25, -0.2) is 0 Å². The van der Waals surface area contributed by atoms with Gasteiger partial charge in [-0.3, -0.25) is 0 Å². The summed E-state index contributed by atoms with van der Waals surface area (Å²) in [5.41, 5.74) is 6.72. The van der Waals surface area contributed by atoms with Crippen molar-refractivity contribution in [3.05, 3.63) is 22.3 Å². The van der Waals surface area contributed by atoms with Crippen LogP contribution in [0.4, 0.5) is 0 Å². The Bertz CT molecular complexity index is 811. The van der Waals surface area contributed by atoms with Crippen LogP contribution in [0.1, 0.15) is 93.4 Å². The van der Waals surface area contributed by atoms with Crippen molar-refractivity contribution in [3.8, 4) is 0 Å². The zero-order chi connectivity index (χ0) is 25.7. The Balaban J connectivity index is 1.87. The fraction of sp³-hybridized carbons (Fsp3) is 0.867. The molecule has 34 heavy (non-hydrogen) atoms. The van der Waals surface area contributed by atoms with Crippen LogP contribution in [0.15, 0.2) is 22.3 Å². The van der Waals surface area contributed by atoms with Gasteiger partial charge in [-0.05, 0) is 119 Å². The molecule has 0 unspecified atom stereocenters. The third kappa shape index (κ3) is 5.87. The van der Waals surface area contributed by atoms with E-state index < -0.39 is 16.6 Å². The third-order valence-electron chi connectivity index (χ3n) is 9.82. The maximum Gasteiger partial charge on any atom is 0.191 e. The Morgan fingerprint density at radius 1 is 1.00 bits per heavy atom. The Kier molecular flexibility index (Phi) is 8.31. The summed E-state index contributed by atoms with van der Waals surface area (Å²) in [6.45, 7) is 29.8. The summed E-state index contributed by atoms with van der Waals surface area (Å²) in [5, 5.41) is 0.280. The van der Waals surface area contributed by atoms with Gasteiger partial charge in [0.15, 0.2) is 16.6 Å². The van der Waals surface area contributed by atoms with E-state index in [1.165, 1.54) is 32.1 Å². The summed E-state index contributed by atoms with van der Waals surface area (Å²) in [7, 11) is -3.41. The van der Waals surface area contributed by atoms with Crippen molar-refractivity contribution in [1.29, 1.82) is 0 Å². The van der Waals surface area contributed by atoms with Crippen molar-refractivity contribution < 1.29 is 8.85 Å². The van der Waals surface area contributed by atoms with Crippen LogP contribution < -0.4 is 0 Å². The van der Waals surface area contributed by atoms with Crippen LogP contribution in [0.2, 0.25) is 37.8 Å². The molecule has 0 heterocycles. The van der Waals surface area contributed by atoms with E-state index in [0.29, 0.717) is 11.8 Å². The quantitative estimate of drug-likeness (QED) is 0.242. The first kappa shape index (κ1) is 28.4. The Morgan fingerprint density at radius 3 is 2.21 bits per heavy atom. The number of allylic oxidation sites excluding steroid dienone is 2. The summed E-state index contributed by atoms with van der Waals surface area (Å²) >= 11 is 0. The molecule has 0 bridgehead atoms. The minimum Gasteiger partial charge on any atom is -0.417 e. The molecule has 0 radical (unpaired) electrons. The lowest BCUT2D eigenvalue weighted by Crippen LogP contribution is -2.50. The molecule has 0 aromatic rings. The fourth-order valence-corrected chi connectivity index (χ4v) is 9.58. The van der Waals surface area contributed by atoms with Crippen molar-refractivity contribution in [2.45, 2.75) is 137 Å². The SMILES string of the molecule is CC1=C2C[C@](O[Si](C)(C)C)(C3=C(C)CC[C@@H]3[C@@H](C)CCO[Si](C)(C)C(C)(C)C)C[C@H](C)[C@@H]2CC1. The molecule has 0 aromatic heterocycles. The molecule has 2 nitrogen and oxygen atoms in total. The maximum absolute atomic E-state index is 7.35. The zero-order valence-corrected chi connectivity index (χ0v) is 26.8. The van der Waals surface area contributed by atoms with Gasteiger partial charge in [0.1, 0.15) is 0 Å². The lowest BCUT2D eigenvalue weighted by molar-refractivity contribution is 0.0297. The minimum atomic E-state index is -1.72. The summed E-state index contributed by atoms with van der Waals surface area (Å²) in [6, 6.07) is 0. The molecule has 3 aliphatic rings. The van der Waals surface area contributed by atoms with Crippen LogP contribution in [0.25, 0.3) is 0 Å². The van der Waals surface area contributed by atoms with Crippen molar-refractivity contribution in [2.75, 3.05) is 6.61 Å². The predicted molar refractivity (Wildman–Crippen MR) is 153 cm³/mol. The van der Waals surface area contributed by atoms with E-state index in [0.717, 1.165) is 31.3 Å². The first-order chi connectivity index (χ1) is 15.5. The number of fused-ring (bicyclic) bond motifs is 1. The Morgan fingerprint density at radius 2 is 1.62 bits per heavy atom. The van der Waals surface area contributed by atoms with Gasteiger partial charge in [0.05, 0.1) is 5.60 Å². The first-order valence-electron chi connectivity index (χ1n) is 14.2. The van der Waals surface area contributed by atoms with Crippen LogP contribution in [0, 0.1) is 23.7 Å². The molecule has 0 aliphatic heterocycles. The van der Waals surface area contributed by atoms with Gasteiger partial charge in [-0.2, -0.15) is 0 Å². The largest absolute Gasteiger partial charge is 0.417 e. The molecular formula is C30H56O2Si2. The van der Waals surface area contributed by atoms with Gasteiger partial charge in [0.2, 0.25) is 0 Å². The molecule has 0 saturated heterocycles. The second-order valence-electron chi connectivity index (χ2n) is 14.7. The van der Waals surface area contributed by atoms with Crippen LogP contribution in [0.3, 0.4) is 0 Å². The first-order valence-corrected chi connectivity index (χ1v) is 20.5. The molecular weight excluding hydrogens is 449 g/mol. The van der Waals surface area contributed by atoms with Gasteiger partial charge in [-0.1, -0.05) is 51.3 Å². The van der Waals surface area contributed by atoms with E-state index in [1.807, 2.05) is 0 Å². The predicted octanol–water partition coefficient (Wildman–Crippen LogP) is 9.51. The normalized spacial score (nSPS) is 31.9. The van der Waals surface area contributed by atoms with Crippen LogP contribution in [-0.4, -0.2) is 28.8 Å². The molecule has 5 atom stereocenters. The fourth-order valence-electron chi connectivity index (χ4n) is 7.08. The molecule has 3 aliphatic carbocycles. The smallest absolute Gasteiger partial charge is 0.191 e. The lowest BCUT2D eigenvalue weighted by atomic mass is 9.64. The van der Waals surface area contributed by atoms with Gasteiger partial charge in [0, 0.05) is 13.0 Å². The van der Waals surface area contributed by atoms with Crippen LogP contribution in [-0.2, 0) is 8.85 Å². The van der Waals surface area contributed by atoms with Crippen molar-refractivity contribution in [1.82, 2.24) is 0 Å². The standard InChI is InChI=1S/C30H56O2Si2/c1-21-13-15-25-24(4)19-30(20-27(21)25,32-33(8,9)10)28-23(3)14-16-26(28)22(2)17-18-31-34(11,12)29(5,6)7/h22,24-26H,13-20H2,1-12H3/t22-,24-,25-,26+,30-/m0/s1. The monoisotopic (exact) mass is 504 g/mol. The maximum atomic E-state index is 7.35. The van der Waals surface area contributed by atoms with Crippen molar-refractivity contribution in [2.24, 2.45) is 23.7 Å². The molecule has 4 heteroatoms. The van der Waals surface area contributed by atoms with Crippen LogP contribution >= 0.6 is 0 Å². The molecule has 0 aromatic carbocycles. The van der Waals surface area contributed by atoms with E-state index in [1.54, 1.807) is 22.3 Å². The Hall–Kier alpha value is -0.166. The molecule has 0 amide bonds. The third-order valence-corrected chi connectivity index (χ3v) is 15.4. The van der Waals surface area contributed by atoms with E-state index in [-0.39, 0.29) is 10.6 Å². The van der Waals surface area contributed by atoms with Gasteiger partial charge >= 0.3 is 0 Å². The molecule has 0 spiro atoms. The molecule has 0 N–H and O–H groups in total. The highest BCUT2D eigenvalue weighted by atomic mass is 28.4. The number of rotatable bonds is 8. The van der Waals surface area contributed by atoms with E-state index in [4.69, 9.17) is 8.85 Å². The van der Waals surface area contributed by atoms with Gasteiger partial charge in [0.25, 0.3) is 0 Å². The lowest BCUT2D eigenvalue weighted by Gasteiger charge is -2.50. The average Bonchev–Trinajstić information content (AvgIpc) is 3.23. The highest BCUT2D eigenvalue weighted by Gasteiger charge is 2.52. The molecule has 1 saturated carbocycles. The summed E-state index contributed by atoms with van der Waals surface area (Å²) in [4.78, 5) is 0. The summed E-state index contributed by atoms with van der Waals surface area (Å²) < 4.78 is 14.0. The second kappa shape index (κ2) is 9.95. The summed E-state index contributed by atoms with van der Waals surface area (Å²) in [5.74, 6) is 2.81. The minimum absolute atomic E-state index is 0.0683. The van der Waals surface area contributed by atoms with Crippen molar-refractivity contribution in [3.63, 3.8) is 0 Å². The average molecular weight is 505 g/mol. The summed E-state index contributed by atoms with van der Waals surface area (Å²) in [6.07, 6.45) is 8.76. The second-order valence-corrected chi connectivity index (χ2v) is 24.0. The number of hydrogen-bond acceptors (Lipinski definition) is 2. The highest BCUT2D eigenvalue weighted by molar-refractivity contribution is 6.74. The molecule has 3 rings (SSSR count). The number of hydrogen-bond donors (Lipinski definition) is 0. The van der Waals surface area contributed by atoms with Gasteiger partial charge < -0.3 is 8.85 Å². The molecule has 196 valence electrons. The van der Waals surface area contributed by atoms with E-state index in [9.17, 15) is 0 Å². The molecule has 1 fully saturated rings. The Labute approximate surface area is 214 Å². The topological polar surface area (TPSA) is 18.5 Å². The van der Waals surface area contributed by atoms with Gasteiger partial charge in [-0.15, -0.1) is 0 Å². The van der Waals surface area contributed by atoms with Crippen molar-refractivity contribution >= 4 is 16.6 Å². The van der Waals surface area contributed by atoms with E-state index >= 15 is 0 Å².